The Morgan fingerprint density at radius 1 is 1.36 bits per heavy atom. The van der Waals surface area contributed by atoms with Crippen LogP contribution in [0.1, 0.15) is 12.0 Å². The molecule has 0 radical (unpaired) electrons. The Bertz CT molecular complexity index is 406. The number of hydrogen-bond acceptors (Lipinski definition) is 3. The molecular weight excluding hydrogens is 176 g/mol. The molecule has 0 aliphatic rings. The normalized spacial score (nSPS) is 9.36. The smallest absolute Gasteiger partial charge is 0.211 e. The van der Waals surface area contributed by atoms with E-state index >= 15 is 0 Å². The molecule has 0 heterocycles. The lowest BCUT2D eigenvalue weighted by Gasteiger charge is -1.92. The highest BCUT2D eigenvalue weighted by Crippen LogP contribution is 2.12. The first-order valence-electron chi connectivity index (χ1n) is 4.08. The maximum absolute atomic E-state index is 9.93. The van der Waals surface area contributed by atoms with E-state index in [1.165, 1.54) is 6.08 Å². The van der Waals surface area contributed by atoms with Gasteiger partial charge < -0.3 is 0 Å². The minimum atomic E-state index is 0.397. The van der Waals surface area contributed by atoms with E-state index in [9.17, 15) is 4.79 Å². The third-order valence-electron chi connectivity index (χ3n) is 1.59. The lowest BCUT2D eigenvalue weighted by Crippen LogP contribution is -1.70. The molecule has 0 aromatic heterocycles. The fraction of sp³-hybridized carbons (Fsp3) is 0.0909. The number of nitriles is 1. The van der Waals surface area contributed by atoms with E-state index in [0.29, 0.717) is 12.1 Å². The molecule has 0 fully saturated rings. The van der Waals surface area contributed by atoms with Crippen LogP contribution in [0.4, 0.5) is 5.69 Å². The molecule has 0 spiro atoms. The highest BCUT2D eigenvalue weighted by atomic mass is 16.1. The van der Waals surface area contributed by atoms with Gasteiger partial charge in [-0.15, -0.1) is 0 Å². The molecule has 1 aromatic rings. The van der Waals surface area contributed by atoms with Crippen LogP contribution in [0.15, 0.2) is 35.3 Å². The van der Waals surface area contributed by atoms with Crippen molar-refractivity contribution in [1.82, 2.24) is 0 Å². The molecule has 0 N–H and O–H groups in total. The van der Waals surface area contributed by atoms with Crippen LogP contribution in [0.2, 0.25) is 0 Å². The SMILES string of the molecule is N#CCC=Cc1ccc(N=C=O)cc1. The molecule has 68 valence electrons. The fourth-order valence-corrected chi connectivity index (χ4v) is 0.960. The minimum absolute atomic E-state index is 0.397. The van der Waals surface area contributed by atoms with Gasteiger partial charge in [0.25, 0.3) is 0 Å². The first-order valence-corrected chi connectivity index (χ1v) is 4.08. The van der Waals surface area contributed by atoms with Crippen molar-refractivity contribution in [3.63, 3.8) is 0 Å². The van der Waals surface area contributed by atoms with Gasteiger partial charge in [0, 0.05) is 0 Å². The zero-order valence-corrected chi connectivity index (χ0v) is 7.47. The second-order valence-corrected chi connectivity index (χ2v) is 2.56. The van der Waals surface area contributed by atoms with E-state index in [0.717, 1.165) is 5.56 Å². The van der Waals surface area contributed by atoms with Gasteiger partial charge in [-0.1, -0.05) is 24.3 Å². The third-order valence-corrected chi connectivity index (χ3v) is 1.59. The second-order valence-electron chi connectivity index (χ2n) is 2.56. The van der Waals surface area contributed by atoms with Crippen molar-refractivity contribution in [3.8, 4) is 6.07 Å². The summed E-state index contributed by atoms with van der Waals surface area (Å²) >= 11 is 0. The van der Waals surface area contributed by atoms with Gasteiger partial charge in [0.2, 0.25) is 6.08 Å². The van der Waals surface area contributed by atoms with Crippen molar-refractivity contribution in [1.29, 1.82) is 5.26 Å². The van der Waals surface area contributed by atoms with Crippen molar-refractivity contribution in [2.24, 2.45) is 4.99 Å². The zero-order chi connectivity index (χ0) is 10.2. The quantitative estimate of drug-likeness (QED) is 0.535. The lowest BCUT2D eigenvalue weighted by molar-refractivity contribution is 0.565. The van der Waals surface area contributed by atoms with Crippen LogP contribution in [-0.4, -0.2) is 6.08 Å². The number of nitrogens with zero attached hydrogens (tertiary/aromatic N) is 2. The highest BCUT2D eigenvalue weighted by Gasteiger charge is 1.88. The molecule has 1 rings (SSSR count). The zero-order valence-electron chi connectivity index (χ0n) is 7.47. The maximum atomic E-state index is 9.93. The maximum Gasteiger partial charge on any atom is 0.240 e. The van der Waals surface area contributed by atoms with Gasteiger partial charge in [0.05, 0.1) is 18.2 Å². The summed E-state index contributed by atoms with van der Waals surface area (Å²) in [6.45, 7) is 0. The van der Waals surface area contributed by atoms with Crippen LogP contribution in [0.3, 0.4) is 0 Å². The summed E-state index contributed by atoms with van der Waals surface area (Å²) < 4.78 is 0. The number of isocyanates is 1. The van der Waals surface area contributed by atoms with Gasteiger partial charge in [0.15, 0.2) is 0 Å². The number of carbonyl (C=O) groups excluding carboxylic acids is 1. The molecule has 3 heteroatoms. The largest absolute Gasteiger partial charge is 0.240 e. The van der Waals surface area contributed by atoms with Crippen LogP contribution < -0.4 is 0 Å². The van der Waals surface area contributed by atoms with Crippen LogP contribution in [0, 0.1) is 11.3 Å². The third kappa shape index (κ3) is 3.06. The molecule has 3 nitrogen and oxygen atoms in total. The minimum Gasteiger partial charge on any atom is -0.211 e. The summed E-state index contributed by atoms with van der Waals surface area (Å²) in [7, 11) is 0. The average molecular weight is 184 g/mol. The second kappa shape index (κ2) is 5.47. The number of allylic oxidation sites excluding steroid dienone is 1. The fourth-order valence-electron chi connectivity index (χ4n) is 0.960. The molecule has 0 saturated heterocycles. The summed E-state index contributed by atoms with van der Waals surface area (Å²) in [6.07, 6.45) is 5.49. The Kier molecular flexibility index (Phi) is 3.87. The van der Waals surface area contributed by atoms with E-state index in [-0.39, 0.29) is 0 Å². The van der Waals surface area contributed by atoms with Crippen LogP contribution >= 0.6 is 0 Å². The predicted molar refractivity (Wildman–Crippen MR) is 53.5 cm³/mol. The monoisotopic (exact) mass is 184 g/mol. The van der Waals surface area contributed by atoms with Crippen molar-refractivity contribution in [2.45, 2.75) is 6.42 Å². The van der Waals surface area contributed by atoms with Crippen molar-refractivity contribution in [2.75, 3.05) is 0 Å². The molecule has 0 unspecified atom stereocenters. The summed E-state index contributed by atoms with van der Waals surface area (Å²) in [5.41, 5.74) is 1.56. The average Bonchev–Trinajstić information content (AvgIpc) is 2.21. The summed E-state index contributed by atoms with van der Waals surface area (Å²) in [5, 5.41) is 8.30. The predicted octanol–water partition coefficient (Wildman–Crippen LogP) is 2.58. The van der Waals surface area contributed by atoms with Gasteiger partial charge in [-0.3, -0.25) is 0 Å². The first-order chi connectivity index (χ1) is 6.86. The van der Waals surface area contributed by atoms with E-state index in [1.807, 2.05) is 24.3 Å². The van der Waals surface area contributed by atoms with Gasteiger partial charge in [-0.05, 0) is 17.7 Å². The molecule has 14 heavy (non-hydrogen) atoms. The molecule has 0 amide bonds. The van der Waals surface area contributed by atoms with Crippen LogP contribution in [0.25, 0.3) is 6.08 Å². The number of aliphatic imine (C=N–C) groups is 1. The molecule has 0 saturated carbocycles. The Balaban J connectivity index is 2.74. The van der Waals surface area contributed by atoms with Gasteiger partial charge in [-0.25, -0.2) is 4.79 Å². The van der Waals surface area contributed by atoms with Gasteiger partial charge in [-0.2, -0.15) is 10.3 Å². The van der Waals surface area contributed by atoms with Crippen molar-refractivity contribution >= 4 is 17.8 Å². The summed E-state index contributed by atoms with van der Waals surface area (Å²) in [4.78, 5) is 13.4. The summed E-state index contributed by atoms with van der Waals surface area (Å²) in [6, 6.07) is 9.10. The molecule has 0 atom stereocenters. The first kappa shape index (κ1) is 9.91. The molecule has 0 aliphatic heterocycles. The molecule has 0 aliphatic carbocycles. The highest BCUT2D eigenvalue weighted by molar-refractivity contribution is 5.55. The van der Waals surface area contributed by atoms with E-state index in [2.05, 4.69) is 4.99 Å². The van der Waals surface area contributed by atoms with Crippen LogP contribution in [0.5, 0.6) is 0 Å². The van der Waals surface area contributed by atoms with Crippen molar-refractivity contribution in [3.05, 3.63) is 35.9 Å². The van der Waals surface area contributed by atoms with E-state index in [4.69, 9.17) is 5.26 Å². The lowest BCUT2D eigenvalue weighted by atomic mass is 10.2. The van der Waals surface area contributed by atoms with E-state index < -0.39 is 0 Å². The number of hydrogen-bond donors (Lipinski definition) is 0. The molecule has 1 aromatic carbocycles. The van der Waals surface area contributed by atoms with Gasteiger partial charge in [0.1, 0.15) is 0 Å². The number of rotatable bonds is 3. The standard InChI is InChI=1S/C11H8N2O/c12-8-2-1-3-10-4-6-11(7-5-10)13-9-14/h1,3-7H,2H2. The van der Waals surface area contributed by atoms with Gasteiger partial charge >= 0.3 is 0 Å². The Labute approximate surface area is 82.0 Å². The van der Waals surface area contributed by atoms with Crippen molar-refractivity contribution < 1.29 is 4.79 Å². The summed E-state index contributed by atoms with van der Waals surface area (Å²) in [5.74, 6) is 0. The Morgan fingerprint density at radius 2 is 2.07 bits per heavy atom. The Hall–Kier alpha value is -2.17. The molecule has 0 bridgehead atoms. The van der Waals surface area contributed by atoms with E-state index in [1.54, 1.807) is 18.2 Å². The van der Waals surface area contributed by atoms with Crippen LogP contribution in [-0.2, 0) is 4.79 Å². The topological polar surface area (TPSA) is 53.2 Å². The number of benzene rings is 1. The Morgan fingerprint density at radius 3 is 2.64 bits per heavy atom. The molecular formula is C11H8N2O.